The summed E-state index contributed by atoms with van der Waals surface area (Å²) in [6, 6.07) is 10.1. The Bertz CT molecular complexity index is 508. The summed E-state index contributed by atoms with van der Waals surface area (Å²) in [6.07, 6.45) is 5.92. The summed E-state index contributed by atoms with van der Waals surface area (Å²) in [6.45, 7) is 2.49. The molecule has 0 spiro atoms. The Balaban J connectivity index is 2.07. The molecule has 0 aliphatic carbocycles. The lowest BCUT2D eigenvalue weighted by atomic mass is 9.99. The molecule has 0 aliphatic heterocycles. The molecule has 0 unspecified atom stereocenters. The van der Waals surface area contributed by atoms with Crippen LogP contribution in [0.5, 0.6) is 0 Å². The van der Waals surface area contributed by atoms with Crippen molar-refractivity contribution in [3.8, 4) is 0 Å². The minimum absolute atomic E-state index is 0.263. The average Bonchev–Trinajstić information content (AvgIpc) is 2.64. The van der Waals surface area contributed by atoms with Crippen molar-refractivity contribution in [2.24, 2.45) is 17.4 Å². The van der Waals surface area contributed by atoms with Crippen LogP contribution in [0.3, 0.4) is 0 Å². The number of amides is 2. The van der Waals surface area contributed by atoms with E-state index in [-0.39, 0.29) is 5.91 Å². The van der Waals surface area contributed by atoms with Crippen LogP contribution in [0.1, 0.15) is 50.5 Å². The molecule has 0 aliphatic rings. The number of rotatable bonds is 15. The Labute approximate surface area is 156 Å². The van der Waals surface area contributed by atoms with Crippen LogP contribution in [0, 0.1) is 5.92 Å². The van der Waals surface area contributed by atoms with E-state index in [2.05, 4.69) is 5.32 Å². The molecule has 6 nitrogen and oxygen atoms in total. The highest BCUT2D eigenvalue weighted by molar-refractivity contribution is 5.99. The van der Waals surface area contributed by atoms with E-state index in [1.165, 1.54) is 5.56 Å². The monoisotopic (exact) mass is 363 g/mol. The Morgan fingerprint density at radius 1 is 1.00 bits per heavy atom. The molecule has 5 N–H and O–H groups in total. The summed E-state index contributed by atoms with van der Waals surface area (Å²) >= 11 is 0. The molecule has 26 heavy (non-hydrogen) atoms. The highest BCUT2D eigenvalue weighted by Crippen LogP contribution is 2.12. The second-order valence-electron chi connectivity index (χ2n) is 6.48. The lowest BCUT2D eigenvalue weighted by Crippen LogP contribution is -2.39. The molecule has 1 rings (SSSR count). The van der Waals surface area contributed by atoms with Gasteiger partial charge in [-0.1, -0.05) is 49.6 Å². The topological polar surface area (TPSA) is 107 Å². The maximum absolute atomic E-state index is 12.0. The molecule has 2 amide bonds. The summed E-state index contributed by atoms with van der Waals surface area (Å²) in [5.74, 6) is -1.55. The second-order valence-corrected chi connectivity index (χ2v) is 6.48. The summed E-state index contributed by atoms with van der Waals surface area (Å²) in [4.78, 5) is 23.5. The van der Waals surface area contributed by atoms with Crippen LogP contribution in [0.15, 0.2) is 30.3 Å². The van der Waals surface area contributed by atoms with Gasteiger partial charge in [-0.3, -0.25) is 9.59 Å². The number of ether oxygens (including phenoxy) is 1. The second kappa shape index (κ2) is 14.3. The Kier molecular flexibility index (Phi) is 12.1. The number of hydrogen-bond donors (Lipinski definition) is 3. The third-order valence-corrected chi connectivity index (χ3v) is 4.23. The number of benzene rings is 1. The first-order chi connectivity index (χ1) is 12.6. The van der Waals surface area contributed by atoms with Gasteiger partial charge in [-0.05, 0) is 37.8 Å². The summed E-state index contributed by atoms with van der Waals surface area (Å²) < 4.78 is 5.64. The number of nitrogens with two attached hydrogens (primary N) is 2. The Hall–Kier alpha value is -1.92. The normalized spacial score (nSPS) is 11.9. The average molecular weight is 364 g/mol. The molecule has 1 atom stereocenters. The molecule has 0 heterocycles. The van der Waals surface area contributed by atoms with Crippen LogP contribution < -0.4 is 16.8 Å². The molecule has 1 aromatic carbocycles. The maximum atomic E-state index is 12.0. The van der Waals surface area contributed by atoms with Crippen molar-refractivity contribution in [1.82, 2.24) is 5.32 Å². The number of primary amides is 1. The minimum atomic E-state index is -0.734. The number of hydrogen-bond acceptors (Lipinski definition) is 4. The molecular weight excluding hydrogens is 330 g/mol. The van der Waals surface area contributed by atoms with Gasteiger partial charge in [0.1, 0.15) is 5.92 Å². The quantitative estimate of drug-likeness (QED) is 0.328. The van der Waals surface area contributed by atoms with Gasteiger partial charge in [0.15, 0.2) is 0 Å². The van der Waals surface area contributed by atoms with Gasteiger partial charge in [0, 0.05) is 13.2 Å². The van der Waals surface area contributed by atoms with Crippen molar-refractivity contribution >= 4 is 11.8 Å². The van der Waals surface area contributed by atoms with Crippen LogP contribution in [0.2, 0.25) is 0 Å². The summed E-state index contributed by atoms with van der Waals surface area (Å²) in [5.41, 5.74) is 12.0. The van der Waals surface area contributed by atoms with Gasteiger partial charge >= 0.3 is 0 Å². The smallest absolute Gasteiger partial charge is 0.232 e. The molecule has 0 fully saturated rings. The van der Waals surface area contributed by atoms with Crippen LogP contribution in [0.4, 0.5) is 0 Å². The molecule has 0 aromatic heterocycles. The van der Waals surface area contributed by atoms with Gasteiger partial charge in [-0.25, -0.2) is 0 Å². The SMILES string of the molecule is NCCCCNC(=O)[C@@H](CCCCCCOCc1ccccc1)C(N)=O. The van der Waals surface area contributed by atoms with Crippen molar-refractivity contribution in [1.29, 1.82) is 0 Å². The van der Waals surface area contributed by atoms with Gasteiger partial charge in [-0.15, -0.1) is 0 Å². The third kappa shape index (κ3) is 10.2. The predicted molar refractivity (Wildman–Crippen MR) is 103 cm³/mol. The fraction of sp³-hybridized carbons (Fsp3) is 0.600. The zero-order chi connectivity index (χ0) is 19.0. The minimum Gasteiger partial charge on any atom is -0.377 e. The van der Waals surface area contributed by atoms with Crippen LogP contribution in [-0.4, -0.2) is 31.5 Å². The fourth-order valence-corrected chi connectivity index (χ4v) is 2.68. The number of carbonyl (C=O) groups excluding carboxylic acids is 2. The Morgan fingerprint density at radius 3 is 2.42 bits per heavy atom. The van der Waals surface area contributed by atoms with Crippen LogP contribution >= 0.6 is 0 Å². The first-order valence-corrected chi connectivity index (χ1v) is 9.54. The molecule has 6 heteroatoms. The lowest BCUT2D eigenvalue weighted by molar-refractivity contribution is -0.133. The van der Waals surface area contributed by atoms with Gasteiger partial charge in [-0.2, -0.15) is 0 Å². The van der Waals surface area contributed by atoms with Crippen LogP contribution in [-0.2, 0) is 20.9 Å². The highest BCUT2D eigenvalue weighted by atomic mass is 16.5. The van der Waals surface area contributed by atoms with E-state index in [0.717, 1.165) is 45.1 Å². The zero-order valence-electron chi connectivity index (χ0n) is 15.6. The maximum Gasteiger partial charge on any atom is 0.232 e. The summed E-state index contributed by atoms with van der Waals surface area (Å²) in [7, 11) is 0. The zero-order valence-corrected chi connectivity index (χ0v) is 15.6. The first kappa shape index (κ1) is 22.1. The molecular formula is C20H33N3O3. The fourth-order valence-electron chi connectivity index (χ4n) is 2.68. The highest BCUT2D eigenvalue weighted by Gasteiger charge is 2.23. The van der Waals surface area contributed by atoms with Crippen molar-refractivity contribution in [3.63, 3.8) is 0 Å². The van der Waals surface area contributed by atoms with Crippen molar-refractivity contribution < 1.29 is 14.3 Å². The van der Waals surface area contributed by atoms with E-state index in [0.29, 0.717) is 26.1 Å². The molecule has 0 radical (unpaired) electrons. The van der Waals surface area contributed by atoms with Crippen LogP contribution in [0.25, 0.3) is 0 Å². The predicted octanol–water partition coefficient (Wildman–Crippen LogP) is 2.11. The largest absolute Gasteiger partial charge is 0.377 e. The summed E-state index contributed by atoms with van der Waals surface area (Å²) in [5, 5.41) is 2.77. The number of nitrogens with one attached hydrogen (secondary N) is 1. The van der Waals surface area contributed by atoms with E-state index in [9.17, 15) is 9.59 Å². The van der Waals surface area contributed by atoms with Gasteiger partial charge in [0.25, 0.3) is 0 Å². The molecule has 0 saturated heterocycles. The van der Waals surface area contributed by atoms with Gasteiger partial charge < -0.3 is 21.5 Å². The van der Waals surface area contributed by atoms with E-state index in [1.54, 1.807) is 0 Å². The molecule has 0 bridgehead atoms. The lowest BCUT2D eigenvalue weighted by Gasteiger charge is -2.13. The van der Waals surface area contributed by atoms with E-state index >= 15 is 0 Å². The van der Waals surface area contributed by atoms with Gasteiger partial charge in [0.05, 0.1) is 6.61 Å². The first-order valence-electron chi connectivity index (χ1n) is 9.54. The molecule has 1 aromatic rings. The van der Waals surface area contributed by atoms with E-state index < -0.39 is 11.8 Å². The Morgan fingerprint density at radius 2 is 1.73 bits per heavy atom. The third-order valence-electron chi connectivity index (χ3n) is 4.23. The number of unbranched alkanes of at least 4 members (excludes halogenated alkanes) is 4. The van der Waals surface area contributed by atoms with Gasteiger partial charge in [0.2, 0.25) is 11.8 Å². The van der Waals surface area contributed by atoms with Crippen molar-refractivity contribution in [2.45, 2.75) is 51.6 Å². The standard InChI is InChI=1S/C20H33N3O3/c21-13-7-8-14-23-20(25)18(19(22)24)12-6-1-2-9-15-26-16-17-10-4-3-5-11-17/h3-5,10-11,18H,1-2,6-9,12-16,21H2,(H2,22,24)(H,23,25)/t18-/m0/s1. The number of carbonyl (C=O) groups is 2. The van der Waals surface area contributed by atoms with Crippen molar-refractivity contribution in [3.05, 3.63) is 35.9 Å². The molecule has 146 valence electrons. The van der Waals surface area contributed by atoms with E-state index in [1.807, 2.05) is 30.3 Å². The molecule has 0 saturated carbocycles. The van der Waals surface area contributed by atoms with Crippen molar-refractivity contribution in [2.75, 3.05) is 19.7 Å². The van der Waals surface area contributed by atoms with E-state index in [4.69, 9.17) is 16.2 Å².